The molecule has 0 heterocycles. The molecule has 0 amide bonds. The summed E-state index contributed by atoms with van der Waals surface area (Å²) in [7, 11) is 0. The van der Waals surface area contributed by atoms with E-state index < -0.39 is 0 Å². The van der Waals surface area contributed by atoms with Crippen LogP contribution in [0.3, 0.4) is 0 Å². The molecule has 0 spiro atoms. The average Bonchev–Trinajstić information content (AvgIpc) is 2.88. The van der Waals surface area contributed by atoms with Gasteiger partial charge in [-0.05, 0) is 67.7 Å². The first-order valence-corrected chi connectivity index (χ1v) is 8.79. The SMILES string of the molecule is CCNC(c1cccc(C)c1C)C1(CC(C)C)CCCC1. The van der Waals surface area contributed by atoms with Crippen molar-refractivity contribution in [3.05, 3.63) is 34.9 Å². The Labute approximate surface area is 131 Å². The lowest BCUT2D eigenvalue weighted by Gasteiger charge is -2.41. The fraction of sp³-hybridized carbons (Fsp3) is 0.700. The molecular formula is C20H33N. The first-order valence-electron chi connectivity index (χ1n) is 8.79. The Morgan fingerprint density at radius 3 is 2.38 bits per heavy atom. The number of benzene rings is 1. The highest BCUT2D eigenvalue weighted by molar-refractivity contribution is 5.36. The van der Waals surface area contributed by atoms with Gasteiger partial charge in [0.05, 0.1) is 0 Å². The van der Waals surface area contributed by atoms with Crippen LogP contribution < -0.4 is 5.32 Å². The summed E-state index contributed by atoms with van der Waals surface area (Å²) in [4.78, 5) is 0. The van der Waals surface area contributed by atoms with Gasteiger partial charge in [-0.25, -0.2) is 0 Å². The molecule has 0 aromatic heterocycles. The maximum atomic E-state index is 3.86. The number of nitrogens with one attached hydrogen (secondary N) is 1. The van der Waals surface area contributed by atoms with E-state index in [9.17, 15) is 0 Å². The summed E-state index contributed by atoms with van der Waals surface area (Å²) in [5.74, 6) is 0.773. The molecule has 1 atom stereocenters. The van der Waals surface area contributed by atoms with Crippen molar-refractivity contribution in [1.82, 2.24) is 5.32 Å². The van der Waals surface area contributed by atoms with Crippen LogP contribution in [0.2, 0.25) is 0 Å². The molecule has 118 valence electrons. The van der Waals surface area contributed by atoms with Gasteiger partial charge in [0.1, 0.15) is 0 Å². The van der Waals surface area contributed by atoms with E-state index in [-0.39, 0.29) is 0 Å². The molecule has 21 heavy (non-hydrogen) atoms. The fourth-order valence-corrected chi connectivity index (χ4v) is 4.45. The smallest absolute Gasteiger partial charge is 0.0379 e. The molecule has 0 saturated heterocycles. The predicted octanol–water partition coefficient (Wildman–Crippen LogP) is 5.56. The summed E-state index contributed by atoms with van der Waals surface area (Å²) in [6.45, 7) is 12.6. The number of hydrogen-bond donors (Lipinski definition) is 1. The quantitative estimate of drug-likeness (QED) is 0.722. The van der Waals surface area contributed by atoms with E-state index in [0.29, 0.717) is 11.5 Å². The van der Waals surface area contributed by atoms with E-state index in [1.807, 2.05) is 0 Å². The van der Waals surface area contributed by atoms with Crippen LogP contribution in [0.15, 0.2) is 18.2 Å². The van der Waals surface area contributed by atoms with Crippen molar-refractivity contribution in [2.24, 2.45) is 11.3 Å². The molecular weight excluding hydrogens is 254 g/mol. The normalized spacial score (nSPS) is 19.1. The molecule has 1 aromatic carbocycles. The molecule has 1 fully saturated rings. The monoisotopic (exact) mass is 287 g/mol. The highest BCUT2D eigenvalue weighted by Crippen LogP contribution is 2.52. The van der Waals surface area contributed by atoms with Crippen LogP contribution in [0, 0.1) is 25.2 Å². The third kappa shape index (κ3) is 3.51. The van der Waals surface area contributed by atoms with Crippen molar-refractivity contribution >= 4 is 0 Å². The van der Waals surface area contributed by atoms with E-state index in [2.05, 4.69) is 58.1 Å². The van der Waals surface area contributed by atoms with Crippen LogP contribution in [-0.2, 0) is 0 Å². The van der Waals surface area contributed by atoms with E-state index >= 15 is 0 Å². The van der Waals surface area contributed by atoms with Gasteiger partial charge in [0.25, 0.3) is 0 Å². The molecule has 1 unspecified atom stereocenters. The molecule has 1 aromatic rings. The molecule has 1 saturated carbocycles. The highest BCUT2D eigenvalue weighted by atomic mass is 14.9. The summed E-state index contributed by atoms with van der Waals surface area (Å²) in [6, 6.07) is 7.36. The van der Waals surface area contributed by atoms with Gasteiger partial charge in [-0.1, -0.05) is 51.8 Å². The predicted molar refractivity (Wildman–Crippen MR) is 92.7 cm³/mol. The van der Waals surface area contributed by atoms with Crippen LogP contribution in [0.1, 0.15) is 75.6 Å². The number of aryl methyl sites for hydroxylation is 1. The molecule has 1 aliphatic carbocycles. The van der Waals surface area contributed by atoms with Crippen LogP contribution in [0.5, 0.6) is 0 Å². The molecule has 1 heteroatoms. The minimum atomic E-state index is 0.461. The molecule has 0 radical (unpaired) electrons. The van der Waals surface area contributed by atoms with E-state index in [0.717, 1.165) is 12.5 Å². The third-order valence-electron chi connectivity index (χ3n) is 5.39. The lowest BCUT2D eigenvalue weighted by atomic mass is 9.69. The summed E-state index contributed by atoms with van der Waals surface area (Å²) in [6.07, 6.45) is 6.92. The standard InChI is InChI=1S/C20H33N/c1-6-21-19(18-11-9-10-16(4)17(18)5)20(14-15(2)3)12-7-8-13-20/h9-11,15,19,21H,6-8,12-14H2,1-5H3. The maximum absolute atomic E-state index is 3.86. The second-order valence-corrected chi connectivity index (χ2v) is 7.45. The Kier molecular flexibility index (Phi) is 5.48. The van der Waals surface area contributed by atoms with Gasteiger partial charge in [-0.2, -0.15) is 0 Å². The van der Waals surface area contributed by atoms with Gasteiger partial charge in [0.15, 0.2) is 0 Å². The van der Waals surface area contributed by atoms with Crippen LogP contribution in [0.25, 0.3) is 0 Å². The maximum Gasteiger partial charge on any atom is 0.0379 e. The van der Waals surface area contributed by atoms with Crippen LogP contribution in [0.4, 0.5) is 0 Å². The minimum absolute atomic E-state index is 0.461. The van der Waals surface area contributed by atoms with Crippen molar-refractivity contribution in [2.45, 2.75) is 72.8 Å². The van der Waals surface area contributed by atoms with E-state index in [1.54, 1.807) is 5.56 Å². The van der Waals surface area contributed by atoms with Crippen molar-refractivity contribution in [2.75, 3.05) is 6.54 Å². The van der Waals surface area contributed by atoms with E-state index in [1.165, 1.54) is 43.2 Å². The number of rotatable bonds is 6. The zero-order valence-corrected chi connectivity index (χ0v) is 14.6. The second-order valence-electron chi connectivity index (χ2n) is 7.45. The van der Waals surface area contributed by atoms with Gasteiger partial charge in [0.2, 0.25) is 0 Å². The second kappa shape index (κ2) is 6.96. The van der Waals surface area contributed by atoms with Crippen molar-refractivity contribution < 1.29 is 0 Å². The molecule has 1 aliphatic rings. The molecule has 0 aliphatic heterocycles. The van der Waals surface area contributed by atoms with Crippen LogP contribution in [-0.4, -0.2) is 6.54 Å². The highest BCUT2D eigenvalue weighted by Gasteiger charge is 2.42. The van der Waals surface area contributed by atoms with Crippen molar-refractivity contribution in [3.63, 3.8) is 0 Å². The van der Waals surface area contributed by atoms with Gasteiger partial charge in [0, 0.05) is 6.04 Å². The fourth-order valence-electron chi connectivity index (χ4n) is 4.45. The average molecular weight is 287 g/mol. The lowest BCUT2D eigenvalue weighted by molar-refractivity contribution is 0.156. The lowest BCUT2D eigenvalue weighted by Crippen LogP contribution is -2.38. The van der Waals surface area contributed by atoms with Gasteiger partial charge < -0.3 is 5.32 Å². The summed E-state index contributed by atoms with van der Waals surface area (Å²) in [5, 5.41) is 3.86. The van der Waals surface area contributed by atoms with Gasteiger partial charge in [-0.3, -0.25) is 0 Å². The summed E-state index contributed by atoms with van der Waals surface area (Å²) >= 11 is 0. The van der Waals surface area contributed by atoms with Crippen molar-refractivity contribution in [1.29, 1.82) is 0 Å². The zero-order chi connectivity index (χ0) is 15.5. The first kappa shape index (κ1) is 16.5. The molecule has 1 nitrogen and oxygen atoms in total. The Morgan fingerprint density at radius 1 is 1.14 bits per heavy atom. The third-order valence-corrected chi connectivity index (χ3v) is 5.39. The Bertz CT molecular complexity index is 455. The van der Waals surface area contributed by atoms with Gasteiger partial charge in [-0.15, -0.1) is 0 Å². The Balaban J connectivity index is 2.42. The Hall–Kier alpha value is -0.820. The molecule has 1 N–H and O–H groups in total. The Morgan fingerprint density at radius 2 is 1.81 bits per heavy atom. The van der Waals surface area contributed by atoms with E-state index in [4.69, 9.17) is 0 Å². The first-order chi connectivity index (χ1) is 10.00. The van der Waals surface area contributed by atoms with Crippen molar-refractivity contribution in [3.8, 4) is 0 Å². The zero-order valence-electron chi connectivity index (χ0n) is 14.6. The molecule has 0 bridgehead atoms. The summed E-state index contributed by atoms with van der Waals surface area (Å²) in [5.41, 5.74) is 4.91. The summed E-state index contributed by atoms with van der Waals surface area (Å²) < 4.78 is 0. The van der Waals surface area contributed by atoms with Crippen LogP contribution >= 0.6 is 0 Å². The van der Waals surface area contributed by atoms with Gasteiger partial charge >= 0.3 is 0 Å². The molecule has 2 rings (SSSR count). The minimum Gasteiger partial charge on any atom is -0.310 e. The topological polar surface area (TPSA) is 12.0 Å². The largest absolute Gasteiger partial charge is 0.310 e. The number of hydrogen-bond acceptors (Lipinski definition) is 1.